The van der Waals surface area contributed by atoms with Gasteiger partial charge >= 0.3 is 5.82 Å². The van der Waals surface area contributed by atoms with Crippen molar-refractivity contribution in [2.45, 2.75) is 30.2 Å². The minimum absolute atomic E-state index is 0.147. The van der Waals surface area contributed by atoms with Crippen molar-refractivity contribution in [1.82, 2.24) is 9.71 Å². The molecule has 2 atom stereocenters. The Labute approximate surface area is 115 Å². The van der Waals surface area contributed by atoms with Crippen molar-refractivity contribution in [3.8, 4) is 6.07 Å². The molecule has 1 saturated carbocycles. The molecule has 106 valence electrons. The van der Waals surface area contributed by atoms with E-state index in [9.17, 15) is 18.5 Å². The Morgan fingerprint density at radius 1 is 1.45 bits per heavy atom. The summed E-state index contributed by atoms with van der Waals surface area (Å²) in [5, 5.41) is 19.4. The Balaban J connectivity index is 2.18. The van der Waals surface area contributed by atoms with Crippen LogP contribution < -0.4 is 4.72 Å². The molecule has 0 aliphatic heterocycles. The molecule has 9 heteroatoms. The van der Waals surface area contributed by atoms with Crippen molar-refractivity contribution >= 4 is 15.8 Å². The van der Waals surface area contributed by atoms with Crippen molar-refractivity contribution in [3.05, 3.63) is 28.4 Å². The van der Waals surface area contributed by atoms with Gasteiger partial charge in [-0.1, -0.05) is 6.42 Å². The van der Waals surface area contributed by atoms with E-state index in [4.69, 9.17) is 5.26 Å². The van der Waals surface area contributed by atoms with Gasteiger partial charge in [0.2, 0.25) is 10.0 Å². The molecule has 0 aromatic carbocycles. The lowest BCUT2D eigenvalue weighted by Gasteiger charge is -2.15. The molecule has 2 unspecified atom stereocenters. The van der Waals surface area contributed by atoms with E-state index in [2.05, 4.69) is 15.8 Å². The van der Waals surface area contributed by atoms with E-state index < -0.39 is 26.8 Å². The fraction of sp³-hybridized carbons (Fsp3) is 0.455. The molecule has 1 aliphatic carbocycles. The number of nitro groups is 1. The van der Waals surface area contributed by atoms with Gasteiger partial charge in [-0.15, -0.1) is 0 Å². The lowest BCUT2D eigenvalue weighted by atomic mass is 10.1. The van der Waals surface area contributed by atoms with E-state index in [0.717, 1.165) is 24.8 Å². The maximum absolute atomic E-state index is 12.1. The quantitative estimate of drug-likeness (QED) is 0.651. The third-order valence-electron chi connectivity index (χ3n) is 3.21. The molecule has 1 fully saturated rings. The lowest BCUT2D eigenvalue weighted by Crippen LogP contribution is -2.36. The Hall–Kier alpha value is -2.05. The van der Waals surface area contributed by atoms with E-state index in [0.29, 0.717) is 12.8 Å². The van der Waals surface area contributed by atoms with Crippen LogP contribution in [0.3, 0.4) is 0 Å². The van der Waals surface area contributed by atoms with Crippen molar-refractivity contribution in [2.75, 3.05) is 0 Å². The van der Waals surface area contributed by atoms with Crippen molar-refractivity contribution < 1.29 is 13.3 Å². The summed E-state index contributed by atoms with van der Waals surface area (Å²) >= 11 is 0. The second-order valence-electron chi connectivity index (χ2n) is 4.50. The summed E-state index contributed by atoms with van der Waals surface area (Å²) < 4.78 is 26.7. The second kappa shape index (κ2) is 5.52. The first-order chi connectivity index (χ1) is 9.44. The highest BCUT2D eigenvalue weighted by atomic mass is 32.2. The van der Waals surface area contributed by atoms with Crippen LogP contribution >= 0.6 is 0 Å². The molecule has 0 saturated heterocycles. The number of hydrogen-bond donors (Lipinski definition) is 1. The standard InChI is InChI=1S/C11H12N4O4S/c12-6-8-2-1-3-10(8)14-20(18,19)9-4-5-11(13-7-9)15(16)17/h4-5,7-8,10,14H,1-3H2. The number of sulfonamides is 1. The zero-order chi connectivity index (χ0) is 14.8. The van der Waals surface area contributed by atoms with Crippen molar-refractivity contribution in [1.29, 1.82) is 5.26 Å². The average Bonchev–Trinajstić information content (AvgIpc) is 2.85. The molecule has 2 rings (SSSR count). The van der Waals surface area contributed by atoms with Gasteiger partial charge in [-0.25, -0.2) is 13.1 Å². The maximum atomic E-state index is 12.1. The number of nitrogens with zero attached hydrogens (tertiary/aromatic N) is 3. The average molecular weight is 296 g/mol. The minimum atomic E-state index is -3.82. The summed E-state index contributed by atoms with van der Waals surface area (Å²) in [7, 11) is -3.82. The Morgan fingerprint density at radius 3 is 2.75 bits per heavy atom. The van der Waals surface area contributed by atoms with E-state index in [1.165, 1.54) is 0 Å². The monoisotopic (exact) mass is 296 g/mol. The zero-order valence-corrected chi connectivity index (χ0v) is 11.2. The predicted octanol–water partition coefficient (Wildman–Crippen LogP) is 0.960. The molecule has 1 aliphatic rings. The van der Waals surface area contributed by atoms with Crippen molar-refractivity contribution in [2.24, 2.45) is 5.92 Å². The van der Waals surface area contributed by atoms with Gasteiger partial charge in [0.25, 0.3) is 0 Å². The van der Waals surface area contributed by atoms with Gasteiger partial charge in [0.05, 0.1) is 12.0 Å². The second-order valence-corrected chi connectivity index (χ2v) is 6.22. The number of nitriles is 1. The van der Waals surface area contributed by atoms with Gasteiger partial charge in [0.15, 0.2) is 6.20 Å². The smallest absolute Gasteiger partial charge is 0.358 e. The first-order valence-corrected chi connectivity index (χ1v) is 7.45. The van der Waals surface area contributed by atoms with Crippen LogP contribution in [0, 0.1) is 27.4 Å². The highest BCUT2D eigenvalue weighted by molar-refractivity contribution is 7.89. The Bertz CT molecular complexity index is 650. The fourth-order valence-electron chi connectivity index (χ4n) is 2.16. The van der Waals surface area contributed by atoms with Gasteiger partial charge in [-0.2, -0.15) is 5.26 Å². The van der Waals surface area contributed by atoms with Gasteiger partial charge in [0.1, 0.15) is 4.90 Å². The molecule has 8 nitrogen and oxygen atoms in total. The molecular formula is C11H12N4O4S. The van der Waals surface area contributed by atoms with Crippen LogP contribution in [0.4, 0.5) is 5.82 Å². The topological polar surface area (TPSA) is 126 Å². The van der Waals surface area contributed by atoms with E-state index >= 15 is 0 Å². The molecule has 1 heterocycles. The normalized spacial score (nSPS) is 22.4. The third kappa shape index (κ3) is 2.92. The predicted molar refractivity (Wildman–Crippen MR) is 68.0 cm³/mol. The molecular weight excluding hydrogens is 284 g/mol. The summed E-state index contributed by atoms with van der Waals surface area (Å²) in [6.45, 7) is 0. The molecule has 0 bridgehead atoms. The van der Waals surface area contributed by atoms with Gasteiger partial charge in [-0.05, 0) is 28.8 Å². The molecule has 0 spiro atoms. The van der Waals surface area contributed by atoms with Crippen LogP contribution in [0.2, 0.25) is 0 Å². The number of pyridine rings is 1. The molecule has 0 amide bonds. The van der Waals surface area contributed by atoms with E-state index in [1.54, 1.807) is 0 Å². The molecule has 1 N–H and O–H groups in total. The highest BCUT2D eigenvalue weighted by Crippen LogP contribution is 2.26. The van der Waals surface area contributed by atoms with Crippen LogP contribution in [0.5, 0.6) is 0 Å². The number of hydrogen-bond acceptors (Lipinski definition) is 6. The van der Waals surface area contributed by atoms with Crippen molar-refractivity contribution in [3.63, 3.8) is 0 Å². The van der Waals surface area contributed by atoms with Crippen LogP contribution in [-0.4, -0.2) is 24.4 Å². The van der Waals surface area contributed by atoms with E-state index in [-0.39, 0.29) is 10.8 Å². The minimum Gasteiger partial charge on any atom is -0.358 e. The fourth-order valence-corrected chi connectivity index (χ4v) is 3.42. The summed E-state index contributed by atoms with van der Waals surface area (Å²) in [5.41, 5.74) is 0. The maximum Gasteiger partial charge on any atom is 0.363 e. The Morgan fingerprint density at radius 2 is 2.20 bits per heavy atom. The number of rotatable bonds is 4. The molecule has 0 radical (unpaired) electrons. The lowest BCUT2D eigenvalue weighted by molar-refractivity contribution is -0.389. The molecule has 1 aromatic rings. The summed E-state index contributed by atoms with van der Waals surface area (Å²) in [4.78, 5) is 13.1. The Kier molecular flexibility index (Phi) is 3.96. The van der Waals surface area contributed by atoms with Crippen LogP contribution in [0.25, 0.3) is 0 Å². The highest BCUT2D eigenvalue weighted by Gasteiger charge is 2.31. The van der Waals surface area contributed by atoms with Gasteiger partial charge in [0, 0.05) is 12.1 Å². The largest absolute Gasteiger partial charge is 0.363 e. The van der Waals surface area contributed by atoms with Crippen LogP contribution in [-0.2, 0) is 10.0 Å². The van der Waals surface area contributed by atoms with Gasteiger partial charge in [-0.3, -0.25) is 0 Å². The van der Waals surface area contributed by atoms with Crippen LogP contribution in [0.1, 0.15) is 19.3 Å². The number of aromatic nitrogens is 1. The summed E-state index contributed by atoms with van der Waals surface area (Å²) in [6, 6.07) is 3.83. The first kappa shape index (κ1) is 14.4. The number of nitrogens with one attached hydrogen (secondary N) is 1. The summed E-state index contributed by atoms with van der Waals surface area (Å²) in [5.74, 6) is -0.754. The SMILES string of the molecule is N#CC1CCCC1NS(=O)(=O)c1ccc([N+](=O)[O-])nc1. The third-order valence-corrected chi connectivity index (χ3v) is 4.68. The zero-order valence-electron chi connectivity index (χ0n) is 10.4. The molecule has 1 aromatic heterocycles. The first-order valence-electron chi connectivity index (χ1n) is 5.96. The summed E-state index contributed by atoms with van der Waals surface area (Å²) in [6.07, 6.45) is 3.01. The van der Waals surface area contributed by atoms with Crippen LogP contribution in [0.15, 0.2) is 23.2 Å². The van der Waals surface area contributed by atoms with Gasteiger partial charge < -0.3 is 10.1 Å². The molecule has 20 heavy (non-hydrogen) atoms. The van der Waals surface area contributed by atoms with E-state index in [1.807, 2.05) is 0 Å².